The first-order valence-corrected chi connectivity index (χ1v) is 15.1. The molecule has 8 heteroatoms. The van der Waals surface area contributed by atoms with Crippen molar-refractivity contribution >= 4 is 23.4 Å². The van der Waals surface area contributed by atoms with Gasteiger partial charge < -0.3 is 25.4 Å². The monoisotopic (exact) mass is 561 g/mol. The number of benzene rings is 2. The lowest BCUT2D eigenvalue weighted by Crippen LogP contribution is -2.53. The number of aryl methyl sites for hydroxylation is 2. The van der Waals surface area contributed by atoms with Crippen LogP contribution in [0.15, 0.2) is 48.5 Å². The highest BCUT2D eigenvalue weighted by atomic mass is 16.5. The molecule has 5 atom stereocenters. The summed E-state index contributed by atoms with van der Waals surface area (Å²) in [4.78, 5) is 44.0. The first-order chi connectivity index (χ1) is 19.8. The van der Waals surface area contributed by atoms with Crippen LogP contribution in [0.25, 0.3) is 0 Å². The maximum Gasteiger partial charge on any atom is 0.250 e. The van der Waals surface area contributed by atoms with Crippen LogP contribution in [0.5, 0.6) is 0 Å². The van der Waals surface area contributed by atoms with Crippen LogP contribution < -0.4 is 10.6 Å². The molecule has 3 N–H and O–H groups in total. The van der Waals surface area contributed by atoms with Crippen molar-refractivity contribution in [2.75, 3.05) is 18.5 Å². The fourth-order valence-corrected chi connectivity index (χ4v) is 7.50. The van der Waals surface area contributed by atoms with Crippen molar-refractivity contribution < 1.29 is 24.2 Å². The number of hydrogen-bond donors (Lipinski definition) is 3. The number of para-hydroxylation sites is 1. The summed E-state index contributed by atoms with van der Waals surface area (Å²) < 4.78 is 6.87. The van der Waals surface area contributed by atoms with E-state index in [-0.39, 0.29) is 24.3 Å². The van der Waals surface area contributed by atoms with E-state index in [1.807, 2.05) is 69.3 Å². The molecule has 0 aliphatic carbocycles. The van der Waals surface area contributed by atoms with Crippen LogP contribution in [0.2, 0.25) is 0 Å². The van der Waals surface area contributed by atoms with E-state index < -0.39 is 29.1 Å². The molecule has 0 aromatic heterocycles. The van der Waals surface area contributed by atoms with Crippen LogP contribution in [0.4, 0.5) is 5.69 Å². The zero-order valence-corrected chi connectivity index (χ0v) is 24.4. The number of amides is 3. The van der Waals surface area contributed by atoms with E-state index in [2.05, 4.69) is 10.6 Å². The Morgan fingerprint density at radius 2 is 1.68 bits per heavy atom. The summed E-state index contributed by atoms with van der Waals surface area (Å²) in [6, 6.07) is 14.8. The third-order valence-corrected chi connectivity index (χ3v) is 9.56. The maximum atomic E-state index is 14.3. The van der Waals surface area contributed by atoms with Crippen LogP contribution in [0.3, 0.4) is 0 Å². The van der Waals surface area contributed by atoms with Crippen LogP contribution in [-0.2, 0) is 25.7 Å². The number of nitrogens with zero attached hydrogens (tertiary/aromatic N) is 1. The van der Waals surface area contributed by atoms with Gasteiger partial charge in [-0.05, 0) is 62.6 Å². The van der Waals surface area contributed by atoms with Gasteiger partial charge in [0.2, 0.25) is 17.7 Å². The van der Waals surface area contributed by atoms with Crippen molar-refractivity contribution in [2.45, 2.75) is 89.5 Å². The molecule has 220 valence electrons. The molecule has 2 unspecified atom stereocenters. The van der Waals surface area contributed by atoms with Gasteiger partial charge in [-0.3, -0.25) is 14.4 Å². The molecule has 3 amide bonds. The number of carbonyl (C=O) groups excluding carboxylic acids is 3. The summed E-state index contributed by atoms with van der Waals surface area (Å²) >= 11 is 0. The Morgan fingerprint density at radius 3 is 2.37 bits per heavy atom. The third-order valence-electron chi connectivity index (χ3n) is 9.56. The predicted molar refractivity (Wildman–Crippen MR) is 157 cm³/mol. The smallest absolute Gasteiger partial charge is 0.250 e. The number of ether oxygens (including phenoxy) is 1. The molecule has 41 heavy (non-hydrogen) atoms. The largest absolute Gasteiger partial charge is 0.396 e. The van der Waals surface area contributed by atoms with E-state index in [4.69, 9.17) is 4.74 Å². The molecule has 8 nitrogen and oxygen atoms in total. The van der Waals surface area contributed by atoms with Crippen molar-refractivity contribution in [1.29, 1.82) is 0 Å². The number of aliphatic hydroxyl groups is 1. The van der Waals surface area contributed by atoms with Crippen molar-refractivity contribution in [3.63, 3.8) is 0 Å². The molecule has 0 radical (unpaired) electrons. The molecule has 2 aromatic rings. The van der Waals surface area contributed by atoms with Gasteiger partial charge in [0, 0.05) is 25.4 Å². The van der Waals surface area contributed by atoms with Crippen LogP contribution >= 0.6 is 0 Å². The van der Waals surface area contributed by atoms with Crippen molar-refractivity contribution in [3.05, 3.63) is 65.2 Å². The first-order valence-electron chi connectivity index (χ1n) is 15.1. The van der Waals surface area contributed by atoms with E-state index in [0.29, 0.717) is 45.2 Å². The Bertz CT molecular complexity index is 1260. The Morgan fingerprint density at radius 1 is 0.976 bits per heavy atom. The van der Waals surface area contributed by atoms with Crippen LogP contribution in [0.1, 0.15) is 68.6 Å². The van der Waals surface area contributed by atoms with Crippen molar-refractivity contribution in [2.24, 2.45) is 11.8 Å². The van der Waals surface area contributed by atoms with Gasteiger partial charge in [0.15, 0.2) is 0 Å². The minimum Gasteiger partial charge on any atom is -0.396 e. The summed E-state index contributed by atoms with van der Waals surface area (Å²) in [7, 11) is 0. The minimum absolute atomic E-state index is 0.140. The average Bonchev–Trinajstić information content (AvgIpc) is 3.58. The molecule has 0 saturated carbocycles. The number of aliphatic hydroxyl groups excluding tert-OH is 1. The summed E-state index contributed by atoms with van der Waals surface area (Å²) in [5.41, 5.74) is 1.82. The van der Waals surface area contributed by atoms with Crippen LogP contribution in [0, 0.1) is 25.7 Å². The molecule has 2 aromatic carbocycles. The number of anilines is 1. The quantitative estimate of drug-likeness (QED) is 0.336. The molecule has 1 spiro atoms. The SMILES string of the molecule is CC[C@]12CCC3(O1)C(C(=O)Nc1c(C)cccc1C)N(CCCCCCO)C(=O)[C@@H]3[C@H]2C(=O)NCc1ccccc1. The third kappa shape index (κ3) is 5.17. The molecular weight excluding hydrogens is 518 g/mol. The van der Waals surface area contributed by atoms with Gasteiger partial charge in [-0.1, -0.05) is 68.3 Å². The Kier molecular flexibility index (Phi) is 8.52. The number of nitrogens with one attached hydrogen (secondary N) is 2. The number of fused-ring (bicyclic) bond motifs is 1. The van der Waals surface area contributed by atoms with Gasteiger partial charge in [0.1, 0.15) is 11.6 Å². The fraction of sp³-hybridized carbons (Fsp3) is 0.545. The molecule has 2 bridgehead atoms. The van der Waals surface area contributed by atoms with Gasteiger partial charge in [-0.15, -0.1) is 0 Å². The highest BCUT2D eigenvalue weighted by Gasteiger charge is 2.78. The Balaban J connectivity index is 1.46. The van der Waals surface area contributed by atoms with Gasteiger partial charge in [0.05, 0.1) is 17.4 Å². The molecule has 5 rings (SSSR count). The zero-order valence-electron chi connectivity index (χ0n) is 24.4. The standard InChI is InChI=1S/C33H43N3O5/c1-4-32-17-18-33(41-32)26(25(32)29(38)34-21-24-15-8-7-9-16-24)31(40)36(19-10-5-6-11-20-37)28(33)30(39)35-27-22(2)13-12-14-23(27)3/h7-9,12-16,25-26,28,37H,4-6,10-11,17-21H2,1-3H3,(H,34,38)(H,35,39)/t25-,26-,28?,32+,33?/m0/s1. The molecule has 3 heterocycles. The van der Waals surface area contributed by atoms with Gasteiger partial charge in [0.25, 0.3) is 0 Å². The number of hydrogen-bond acceptors (Lipinski definition) is 5. The predicted octanol–water partition coefficient (Wildman–Crippen LogP) is 4.27. The number of likely N-dealkylation sites (tertiary alicyclic amines) is 1. The molecule has 3 fully saturated rings. The van der Waals surface area contributed by atoms with Crippen molar-refractivity contribution in [1.82, 2.24) is 10.2 Å². The topological polar surface area (TPSA) is 108 Å². The van der Waals surface area contributed by atoms with E-state index in [0.717, 1.165) is 35.2 Å². The van der Waals surface area contributed by atoms with E-state index in [1.165, 1.54) is 0 Å². The van der Waals surface area contributed by atoms with Gasteiger partial charge >= 0.3 is 0 Å². The second-order valence-corrected chi connectivity index (χ2v) is 12.0. The number of rotatable bonds is 12. The Hall–Kier alpha value is -3.23. The maximum absolute atomic E-state index is 14.3. The normalized spacial score (nSPS) is 28.1. The lowest BCUT2D eigenvalue weighted by molar-refractivity contribution is -0.146. The lowest BCUT2D eigenvalue weighted by Gasteiger charge is -2.34. The summed E-state index contributed by atoms with van der Waals surface area (Å²) in [5, 5.41) is 15.4. The summed E-state index contributed by atoms with van der Waals surface area (Å²) in [6.07, 6.45) is 4.91. The number of carbonyl (C=O) groups is 3. The molecular formula is C33H43N3O5. The summed E-state index contributed by atoms with van der Waals surface area (Å²) in [6.45, 7) is 6.84. The summed E-state index contributed by atoms with van der Waals surface area (Å²) in [5.74, 6) is -1.98. The van der Waals surface area contributed by atoms with Crippen molar-refractivity contribution in [3.8, 4) is 0 Å². The molecule has 3 saturated heterocycles. The average molecular weight is 562 g/mol. The first kappa shape index (κ1) is 29.3. The molecule has 3 aliphatic heterocycles. The van der Waals surface area contributed by atoms with E-state index in [9.17, 15) is 19.5 Å². The minimum atomic E-state index is -1.05. The highest BCUT2D eigenvalue weighted by Crippen LogP contribution is 2.64. The van der Waals surface area contributed by atoms with Gasteiger partial charge in [-0.25, -0.2) is 0 Å². The van der Waals surface area contributed by atoms with Crippen LogP contribution in [-0.4, -0.2) is 58.1 Å². The zero-order chi connectivity index (χ0) is 29.2. The fourth-order valence-electron chi connectivity index (χ4n) is 7.50. The van der Waals surface area contributed by atoms with Gasteiger partial charge in [-0.2, -0.15) is 0 Å². The van der Waals surface area contributed by atoms with E-state index >= 15 is 0 Å². The Labute approximate surface area is 242 Å². The highest BCUT2D eigenvalue weighted by molar-refractivity contribution is 6.04. The lowest BCUT2D eigenvalue weighted by atomic mass is 9.65. The molecule has 3 aliphatic rings. The van der Waals surface area contributed by atoms with E-state index in [1.54, 1.807) is 4.90 Å². The number of unbranched alkanes of at least 4 members (excludes halogenated alkanes) is 3. The second-order valence-electron chi connectivity index (χ2n) is 12.0. The second kappa shape index (κ2) is 11.9.